The van der Waals surface area contributed by atoms with Crippen LogP contribution in [0.4, 0.5) is 0 Å². The number of nitrogens with one attached hydrogen (secondary N) is 1. The third-order valence-electron chi connectivity index (χ3n) is 3.59. The van der Waals surface area contributed by atoms with Gasteiger partial charge in [0.2, 0.25) is 0 Å². The fourth-order valence-electron chi connectivity index (χ4n) is 2.42. The lowest BCUT2D eigenvalue weighted by Crippen LogP contribution is -2.60. The Morgan fingerprint density at radius 2 is 1.70 bits per heavy atom. The van der Waals surface area contributed by atoms with E-state index in [0.717, 1.165) is 23.7 Å². The Labute approximate surface area is 120 Å². The van der Waals surface area contributed by atoms with E-state index in [0.29, 0.717) is 12.6 Å². The molecular weight excluding hydrogens is 258 g/mol. The molecule has 1 aromatic carbocycles. The molecule has 112 valence electrons. The highest BCUT2D eigenvalue weighted by molar-refractivity contribution is 5.42. The molecule has 0 aliphatic heterocycles. The van der Waals surface area contributed by atoms with Gasteiger partial charge in [-0.05, 0) is 14.0 Å². The van der Waals surface area contributed by atoms with Crippen LogP contribution in [0.3, 0.4) is 0 Å². The SMILES string of the molecule is CCOC1C(NC)CC1Oc1cc(OC)cc(OC)c1. The van der Waals surface area contributed by atoms with E-state index in [1.54, 1.807) is 14.2 Å². The van der Waals surface area contributed by atoms with Crippen molar-refractivity contribution in [2.45, 2.75) is 31.6 Å². The van der Waals surface area contributed by atoms with E-state index in [2.05, 4.69) is 5.32 Å². The first kappa shape index (κ1) is 14.9. The Hall–Kier alpha value is -1.46. The van der Waals surface area contributed by atoms with Gasteiger partial charge in [0, 0.05) is 37.3 Å². The third kappa shape index (κ3) is 3.16. The molecule has 0 heterocycles. The van der Waals surface area contributed by atoms with Gasteiger partial charge in [-0.3, -0.25) is 0 Å². The topological polar surface area (TPSA) is 49.0 Å². The minimum Gasteiger partial charge on any atom is -0.496 e. The Morgan fingerprint density at radius 1 is 1.10 bits per heavy atom. The van der Waals surface area contributed by atoms with E-state index in [4.69, 9.17) is 18.9 Å². The van der Waals surface area contributed by atoms with E-state index in [-0.39, 0.29) is 12.2 Å². The van der Waals surface area contributed by atoms with Gasteiger partial charge in [0.05, 0.1) is 14.2 Å². The highest BCUT2D eigenvalue weighted by Crippen LogP contribution is 2.33. The van der Waals surface area contributed by atoms with Gasteiger partial charge in [0.1, 0.15) is 29.5 Å². The molecule has 0 radical (unpaired) electrons. The Balaban J connectivity index is 2.06. The van der Waals surface area contributed by atoms with Gasteiger partial charge < -0.3 is 24.3 Å². The Morgan fingerprint density at radius 3 is 2.20 bits per heavy atom. The van der Waals surface area contributed by atoms with Gasteiger partial charge in [-0.15, -0.1) is 0 Å². The molecule has 0 amide bonds. The van der Waals surface area contributed by atoms with Crippen LogP contribution in [0.1, 0.15) is 13.3 Å². The summed E-state index contributed by atoms with van der Waals surface area (Å²) < 4.78 is 22.2. The van der Waals surface area contributed by atoms with E-state index in [1.165, 1.54) is 0 Å². The second kappa shape index (κ2) is 6.81. The van der Waals surface area contributed by atoms with Gasteiger partial charge in [0.25, 0.3) is 0 Å². The van der Waals surface area contributed by atoms with Crippen molar-refractivity contribution in [2.75, 3.05) is 27.9 Å². The maximum atomic E-state index is 6.01. The van der Waals surface area contributed by atoms with Crippen molar-refractivity contribution < 1.29 is 18.9 Å². The van der Waals surface area contributed by atoms with Crippen molar-refractivity contribution >= 4 is 0 Å². The molecule has 5 nitrogen and oxygen atoms in total. The second-order valence-corrected chi connectivity index (χ2v) is 4.76. The molecule has 3 atom stereocenters. The zero-order valence-electron chi connectivity index (χ0n) is 12.5. The fraction of sp³-hybridized carbons (Fsp3) is 0.600. The lowest BCUT2D eigenvalue weighted by molar-refractivity contribution is -0.103. The summed E-state index contributed by atoms with van der Waals surface area (Å²) in [7, 11) is 5.20. The summed E-state index contributed by atoms with van der Waals surface area (Å²) >= 11 is 0. The first-order valence-electron chi connectivity index (χ1n) is 6.90. The van der Waals surface area contributed by atoms with Gasteiger partial charge in [-0.2, -0.15) is 0 Å². The molecule has 1 saturated carbocycles. The molecule has 1 aliphatic carbocycles. The highest BCUT2D eigenvalue weighted by atomic mass is 16.5. The fourth-order valence-corrected chi connectivity index (χ4v) is 2.42. The van der Waals surface area contributed by atoms with Crippen LogP contribution in [0, 0.1) is 0 Å². The summed E-state index contributed by atoms with van der Waals surface area (Å²) in [5.41, 5.74) is 0. The van der Waals surface area contributed by atoms with Crippen LogP contribution in [-0.4, -0.2) is 46.1 Å². The van der Waals surface area contributed by atoms with Gasteiger partial charge in [-0.1, -0.05) is 0 Å². The molecule has 1 aromatic rings. The zero-order chi connectivity index (χ0) is 14.5. The standard InChI is InChI=1S/C15H23NO4/c1-5-19-15-13(16-2)9-14(15)20-12-7-10(17-3)6-11(8-12)18-4/h6-8,13-16H,5,9H2,1-4H3. The molecular formula is C15H23NO4. The van der Waals surface area contributed by atoms with Crippen LogP contribution in [0.5, 0.6) is 17.2 Å². The molecule has 5 heteroatoms. The van der Waals surface area contributed by atoms with E-state index in [9.17, 15) is 0 Å². The monoisotopic (exact) mass is 281 g/mol. The maximum absolute atomic E-state index is 6.01. The summed E-state index contributed by atoms with van der Waals surface area (Å²) in [4.78, 5) is 0. The highest BCUT2D eigenvalue weighted by Gasteiger charge is 2.42. The van der Waals surface area contributed by atoms with Gasteiger partial charge in [-0.25, -0.2) is 0 Å². The minimum absolute atomic E-state index is 0.0595. The number of hydrogen-bond acceptors (Lipinski definition) is 5. The molecule has 0 aromatic heterocycles. The van der Waals surface area contributed by atoms with Crippen LogP contribution in [-0.2, 0) is 4.74 Å². The lowest BCUT2D eigenvalue weighted by atomic mass is 9.85. The van der Waals surface area contributed by atoms with Crippen molar-refractivity contribution in [1.29, 1.82) is 0 Å². The number of benzene rings is 1. The number of methoxy groups -OCH3 is 2. The summed E-state index contributed by atoms with van der Waals surface area (Å²) in [5, 5.41) is 3.24. The summed E-state index contributed by atoms with van der Waals surface area (Å²) in [6.45, 7) is 2.68. The van der Waals surface area contributed by atoms with Crippen LogP contribution < -0.4 is 19.5 Å². The molecule has 1 fully saturated rings. The van der Waals surface area contributed by atoms with Crippen molar-refractivity contribution in [2.24, 2.45) is 0 Å². The molecule has 0 bridgehead atoms. The first-order valence-corrected chi connectivity index (χ1v) is 6.90. The predicted molar refractivity (Wildman–Crippen MR) is 76.8 cm³/mol. The number of rotatable bonds is 7. The number of likely N-dealkylation sites (N-methyl/N-ethyl adjacent to an activating group) is 1. The first-order chi connectivity index (χ1) is 9.71. The molecule has 0 spiro atoms. The summed E-state index contributed by atoms with van der Waals surface area (Å²) in [6, 6.07) is 5.90. The molecule has 1 aliphatic rings. The van der Waals surface area contributed by atoms with Crippen molar-refractivity contribution in [1.82, 2.24) is 5.32 Å². The smallest absolute Gasteiger partial charge is 0.128 e. The van der Waals surface area contributed by atoms with Crippen LogP contribution in [0.25, 0.3) is 0 Å². The van der Waals surface area contributed by atoms with E-state index < -0.39 is 0 Å². The van der Waals surface area contributed by atoms with Crippen molar-refractivity contribution in [3.63, 3.8) is 0 Å². The number of hydrogen-bond donors (Lipinski definition) is 1. The van der Waals surface area contributed by atoms with Gasteiger partial charge in [0.15, 0.2) is 0 Å². The maximum Gasteiger partial charge on any atom is 0.128 e. The molecule has 2 rings (SSSR count). The minimum atomic E-state index is 0.0595. The van der Waals surface area contributed by atoms with Crippen molar-refractivity contribution in [3.8, 4) is 17.2 Å². The third-order valence-corrected chi connectivity index (χ3v) is 3.59. The molecule has 20 heavy (non-hydrogen) atoms. The van der Waals surface area contributed by atoms with Gasteiger partial charge >= 0.3 is 0 Å². The predicted octanol–water partition coefficient (Wildman–Crippen LogP) is 1.85. The molecule has 3 unspecified atom stereocenters. The lowest BCUT2D eigenvalue weighted by Gasteiger charge is -2.43. The Kier molecular flexibility index (Phi) is 5.09. The van der Waals surface area contributed by atoms with Crippen LogP contribution in [0.2, 0.25) is 0 Å². The van der Waals surface area contributed by atoms with E-state index in [1.807, 2.05) is 32.2 Å². The number of ether oxygens (including phenoxy) is 4. The molecule has 1 N–H and O–H groups in total. The quantitative estimate of drug-likeness (QED) is 0.826. The summed E-state index contributed by atoms with van der Waals surface area (Å²) in [6.07, 6.45) is 1.08. The average Bonchev–Trinajstić information content (AvgIpc) is 2.48. The largest absolute Gasteiger partial charge is 0.496 e. The normalized spacial score (nSPS) is 24.9. The van der Waals surface area contributed by atoms with E-state index >= 15 is 0 Å². The van der Waals surface area contributed by atoms with Crippen LogP contribution in [0.15, 0.2) is 18.2 Å². The Bertz CT molecular complexity index is 416. The zero-order valence-corrected chi connectivity index (χ0v) is 12.5. The van der Waals surface area contributed by atoms with Crippen LogP contribution >= 0.6 is 0 Å². The second-order valence-electron chi connectivity index (χ2n) is 4.76. The summed E-state index contributed by atoms with van der Waals surface area (Å²) in [5.74, 6) is 2.18. The average molecular weight is 281 g/mol. The molecule has 0 saturated heterocycles. The van der Waals surface area contributed by atoms with Crippen molar-refractivity contribution in [3.05, 3.63) is 18.2 Å².